The van der Waals surface area contributed by atoms with Crippen LogP contribution in [-0.4, -0.2) is 14.9 Å². The lowest BCUT2D eigenvalue weighted by Gasteiger charge is -1.99. The van der Waals surface area contributed by atoms with Gasteiger partial charge >= 0.3 is 0 Å². The lowest BCUT2D eigenvalue weighted by atomic mass is 10.2. The Labute approximate surface area is 94.4 Å². The second kappa shape index (κ2) is 3.53. The van der Waals surface area contributed by atoms with E-state index < -0.39 is 0 Å². The second-order valence-corrected chi connectivity index (χ2v) is 4.22. The number of aromatic nitrogens is 2. The van der Waals surface area contributed by atoms with Gasteiger partial charge in [-0.25, -0.2) is 0 Å². The maximum absolute atomic E-state index is 9.19. The van der Waals surface area contributed by atoms with E-state index in [9.17, 15) is 5.11 Å². The summed E-state index contributed by atoms with van der Waals surface area (Å²) >= 11 is 9.45. The van der Waals surface area contributed by atoms with E-state index in [2.05, 4.69) is 21.0 Å². The number of aliphatic hydroxyl groups is 1. The minimum atomic E-state index is -0.0663. The fraction of sp³-hybridized carbons (Fsp3) is 0.222. The van der Waals surface area contributed by atoms with Crippen molar-refractivity contribution in [3.8, 4) is 0 Å². The number of hydrogen-bond donors (Lipinski definition) is 1. The van der Waals surface area contributed by atoms with Gasteiger partial charge in [-0.05, 0) is 28.1 Å². The molecule has 1 N–H and O–H groups in total. The molecule has 0 bridgehead atoms. The third-order valence-electron chi connectivity index (χ3n) is 2.16. The van der Waals surface area contributed by atoms with Gasteiger partial charge in [0, 0.05) is 16.9 Å². The van der Waals surface area contributed by atoms with Crippen LogP contribution in [0, 0.1) is 0 Å². The van der Waals surface area contributed by atoms with Crippen LogP contribution in [0.5, 0.6) is 0 Å². The molecule has 3 nitrogen and oxygen atoms in total. The third kappa shape index (κ3) is 1.34. The molecular formula is C9H8BrClN2O. The van der Waals surface area contributed by atoms with E-state index in [1.165, 1.54) is 0 Å². The summed E-state index contributed by atoms with van der Waals surface area (Å²) in [4.78, 5) is 0. The smallest absolute Gasteiger partial charge is 0.0942 e. The second-order valence-electron chi connectivity index (χ2n) is 2.98. The Balaban J connectivity index is 2.90. The van der Waals surface area contributed by atoms with Gasteiger partial charge in [-0.3, -0.25) is 4.68 Å². The predicted molar refractivity (Wildman–Crippen MR) is 59.3 cm³/mol. The average molecular weight is 276 g/mol. The van der Waals surface area contributed by atoms with Crippen molar-refractivity contribution in [2.24, 2.45) is 7.05 Å². The average Bonchev–Trinajstić information content (AvgIpc) is 2.48. The van der Waals surface area contributed by atoms with E-state index in [1.54, 1.807) is 11.7 Å². The standard InChI is InChI=1S/C9H8BrClN2O/c1-13-7(4-14)8-6(12-13)3-2-5(10)9(8)11/h2-3,14H,4H2,1H3. The Kier molecular flexibility index (Phi) is 2.51. The quantitative estimate of drug-likeness (QED) is 0.868. The number of fused-ring (bicyclic) bond motifs is 1. The SMILES string of the molecule is Cn1nc2ccc(Br)c(Cl)c2c1CO. The van der Waals surface area contributed by atoms with Gasteiger partial charge in [0.15, 0.2) is 0 Å². The molecule has 2 aromatic rings. The van der Waals surface area contributed by atoms with Crippen LogP contribution in [-0.2, 0) is 13.7 Å². The van der Waals surface area contributed by atoms with E-state index in [4.69, 9.17) is 11.6 Å². The molecule has 0 fully saturated rings. The molecular weight excluding hydrogens is 267 g/mol. The minimum absolute atomic E-state index is 0.0663. The van der Waals surface area contributed by atoms with E-state index in [1.807, 2.05) is 12.1 Å². The van der Waals surface area contributed by atoms with Crippen molar-refractivity contribution in [1.29, 1.82) is 0 Å². The highest BCUT2D eigenvalue weighted by atomic mass is 79.9. The minimum Gasteiger partial charge on any atom is -0.390 e. The van der Waals surface area contributed by atoms with Crippen molar-refractivity contribution < 1.29 is 5.11 Å². The van der Waals surface area contributed by atoms with Crippen molar-refractivity contribution >= 4 is 38.4 Å². The summed E-state index contributed by atoms with van der Waals surface area (Å²) in [6.07, 6.45) is 0. The number of halogens is 2. The number of nitrogens with zero attached hydrogens (tertiary/aromatic N) is 2. The zero-order valence-corrected chi connectivity index (χ0v) is 9.80. The molecule has 14 heavy (non-hydrogen) atoms. The zero-order chi connectivity index (χ0) is 10.3. The Morgan fingerprint density at radius 1 is 1.57 bits per heavy atom. The van der Waals surface area contributed by atoms with Crippen LogP contribution < -0.4 is 0 Å². The molecule has 1 aromatic heterocycles. The van der Waals surface area contributed by atoms with Crippen LogP contribution in [0.3, 0.4) is 0 Å². The fourth-order valence-corrected chi connectivity index (χ4v) is 2.06. The molecule has 74 valence electrons. The van der Waals surface area contributed by atoms with E-state index >= 15 is 0 Å². The molecule has 0 spiro atoms. The van der Waals surface area contributed by atoms with Gasteiger partial charge in [-0.2, -0.15) is 5.10 Å². The molecule has 0 aliphatic rings. The largest absolute Gasteiger partial charge is 0.390 e. The first-order chi connectivity index (χ1) is 6.65. The Morgan fingerprint density at radius 3 is 2.93 bits per heavy atom. The topological polar surface area (TPSA) is 38.0 Å². The summed E-state index contributed by atoms with van der Waals surface area (Å²) in [5, 5.41) is 14.8. The first-order valence-corrected chi connectivity index (χ1v) is 5.22. The van der Waals surface area contributed by atoms with Gasteiger partial charge in [0.1, 0.15) is 0 Å². The van der Waals surface area contributed by atoms with Gasteiger partial charge in [0.2, 0.25) is 0 Å². The highest BCUT2D eigenvalue weighted by Gasteiger charge is 2.12. The number of aliphatic hydroxyl groups excluding tert-OH is 1. The molecule has 2 rings (SSSR count). The lowest BCUT2D eigenvalue weighted by Crippen LogP contribution is -1.97. The summed E-state index contributed by atoms with van der Waals surface area (Å²) < 4.78 is 2.46. The van der Waals surface area contributed by atoms with Crippen molar-refractivity contribution in [3.63, 3.8) is 0 Å². The monoisotopic (exact) mass is 274 g/mol. The Morgan fingerprint density at radius 2 is 2.29 bits per heavy atom. The maximum atomic E-state index is 9.19. The lowest BCUT2D eigenvalue weighted by molar-refractivity contribution is 0.272. The van der Waals surface area contributed by atoms with E-state index in [0.717, 1.165) is 21.1 Å². The zero-order valence-electron chi connectivity index (χ0n) is 7.46. The number of benzene rings is 1. The Bertz CT molecular complexity index is 495. The molecule has 5 heteroatoms. The molecule has 0 atom stereocenters. The highest BCUT2D eigenvalue weighted by Crippen LogP contribution is 2.32. The van der Waals surface area contributed by atoms with Crippen LogP contribution in [0.1, 0.15) is 5.69 Å². The fourth-order valence-electron chi connectivity index (χ4n) is 1.46. The number of aryl methyl sites for hydroxylation is 1. The maximum Gasteiger partial charge on any atom is 0.0942 e. The molecule has 0 saturated carbocycles. The van der Waals surface area contributed by atoms with Crippen molar-refractivity contribution in [2.45, 2.75) is 6.61 Å². The summed E-state index contributed by atoms with van der Waals surface area (Å²) in [7, 11) is 1.79. The highest BCUT2D eigenvalue weighted by molar-refractivity contribution is 9.10. The molecule has 1 heterocycles. The molecule has 1 aromatic carbocycles. The van der Waals surface area contributed by atoms with Crippen molar-refractivity contribution in [2.75, 3.05) is 0 Å². The van der Waals surface area contributed by atoms with Gasteiger partial charge < -0.3 is 5.11 Å². The number of rotatable bonds is 1. The van der Waals surface area contributed by atoms with Crippen molar-refractivity contribution in [3.05, 3.63) is 27.3 Å². The first kappa shape index (κ1) is 9.96. The normalized spacial score (nSPS) is 11.1. The van der Waals surface area contributed by atoms with Gasteiger partial charge in [-0.15, -0.1) is 0 Å². The van der Waals surface area contributed by atoms with Crippen LogP contribution in [0.25, 0.3) is 10.9 Å². The molecule has 0 amide bonds. The summed E-state index contributed by atoms with van der Waals surface area (Å²) in [5.41, 5.74) is 1.52. The van der Waals surface area contributed by atoms with Crippen LogP contribution >= 0.6 is 27.5 Å². The molecule has 0 radical (unpaired) electrons. The van der Waals surface area contributed by atoms with Gasteiger partial charge in [0.25, 0.3) is 0 Å². The van der Waals surface area contributed by atoms with Gasteiger partial charge in [0.05, 0.1) is 22.8 Å². The summed E-state index contributed by atoms with van der Waals surface area (Å²) in [6, 6.07) is 3.71. The van der Waals surface area contributed by atoms with Gasteiger partial charge in [-0.1, -0.05) is 11.6 Å². The van der Waals surface area contributed by atoms with E-state index in [-0.39, 0.29) is 6.61 Å². The third-order valence-corrected chi connectivity index (χ3v) is 3.44. The van der Waals surface area contributed by atoms with Crippen LogP contribution in [0.15, 0.2) is 16.6 Å². The summed E-state index contributed by atoms with van der Waals surface area (Å²) in [6.45, 7) is -0.0663. The van der Waals surface area contributed by atoms with Crippen molar-refractivity contribution in [1.82, 2.24) is 9.78 Å². The van der Waals surface area contributed by atoms with Crippen LogP contribution in [0.4, 0.5) is 0 Å². The first-order valence-electron chi connectivity index (χ1n) is 4.05. The Hall–Kier alpha value is -0.580. The summed E-state index contributed by atoms with van der Waals surface area (Å²) in [5.74, 6) is 0. The molecule has 0 saturated heterocycles. The predicted octanol–water partition coefficient (Wildman–Crippen LogP) is 2.48. The molecule has 0 aliphatic carbocycles. The van der Waals surface area contributed by atoms with Crippen LogP contribution in [0.2, 0.25) is 5.02 Å². The molecule has 0 unspecified atom stereocenters. The molecule has 0 aliphatic heterocycles. The van der Waals surface area contributed by atoms with E-state index in [0.29, 0.717) is 5.02 Å². The number of hydrogen-bond acceptors (Lipinski definition) is 2.